The van der Waals surface area contributed by atoms with E-state index in [-0.39, 0.29) is 12.3 Å². The number of anilines is 1. The van der Waals surface area contributed by atoms with E-state index in [1.807, 2.05) is 17.5 Å². The van der Waals surface area contributed by atoms with Crippen molar-refractivity contribution < 1.29 is 14.4 Å². The Morgan fingerprint density at radius 3 is 2.67 bits per heavy atom. The van der Waals surface area contributed by atoms with Crippen molar-refractivity contribution in [3.05, 3.63) is 52.2 Å². The lowest BCUT2D eigenvalue weighted by Gasteiger charge is -2.09. The number of hydrogen-bond donors (Lipinski definition) is 3. The number of Topliss-reactive ketones (excluding diaryl/α,β-unsaturated/α-hetero) is 1. The number of benzene rings is 1. The Labute approximate surface area is 144 Å². The van der Waals surface area contributed by atoms with E-state index < -0.39 is 11.9 Å². The minimum Gasteiger partial charge on any atom is -0.376 e. The predicted molar refractivity (Wildman–Crippen MR) is 94.5 cm³/mol. The van der Waals surface area contributed by atoms with E-state index in [2.05, 4.69) is 16.0 Å². The third-order valence-electron chi connectivity index (χ3n) is 3.21. The van der Waals surface area contributed by atoms with Crippen LogP contribution < -0.4 is 16.0 Å². The first-order chi connectivity index (χ1) is 11.5. The van der Waals surface area contributed by atoms with Gasteiger partial charge in [-0.2, -0.15) is 0 Å². The van der Waals surface area contributed by atoms with Crippen LogP contribution in [0.5, 0.6) is 0 Å². The summed E-state index contributed by atoms with van der Waals surface area (Å²) in [6.07, 6.45) is 0.732. The molecular formula is C17H19N3O3S. The molecule has 0 aliphatic carbocycles. The Balaban J connectivity index is 1.69. The first-order valence-electron chi connectivity index (χ1n) is 7.49. The average Bonchev–Trinajstić information content (AvgIpc) is 3.06. The average molecular weight is 345 g/mol. The zero-order valence-corrected chi connectivity index (χ0v) is 14.1. The topological polar surface area (TPSA) is 87.3 Å². The van der Waals surface area contributed by atoms with E-state index >= 15 is 0 Å². The fourth-order valence-electron chi connectivity index (χ4n) is 2.00. The predicted octanol–water partition coefficient (Wildman–Crippen LogP) is 2.43. The second-order valence-corrected chi connectivity index (χ2v) is 6.16. The number of ketones is 1. The molecule has 1 aromatic carbocycles. The molecule has 7 heteroatoms. The number of urea groups is 1. The first-order valence-corrected chi connectivity index (χ1v) is 8.37. The highest BCUT2D eigenvalue weighted by Gasteiger charge is 2.07. The van der Waals surface area contributed by atoms with Gasteiger partial charge < -0.3 is 10.6 Å². The largest absolute Gasteiger partial charge is 0.376 e. The van der Waals surface area contributed by atoms with Crippen molar-refractivity contribution in [1.29, 1.82) is 0 Å². The molecule has 1 heterocycles. The summed E-state index contributed by atoms with van der Waals surface area (Å²) < 4.78 is 0. The number of thiophene rings is 1. The summed E-state index contributed by atoms with van der Waals surface area (Å²) in [5, 5.41) is 9.75. The van der Waals surface area contributed by atoms with Crippen LogP contribution in [0.3, 0.4) is 0 Å². The fraction of sp³-hybridized carbons (Fsp3) is 0.235. The molecule has 2 aromatic rings. The van der Waals surface area contributed by atoms with E-state index in [9.17, 15) is 14.4 Å². The van der Waals surface area contributed by atoms with Crippen LogP contribution in [0.2, 0.25) is 0 Å². The molecule has 0 radical (unpaired) electrons. The van der Waals surface area contributed by atoms with Gasteiger partial charge in [-0.25, -0.2) is 4.79 Å². The van der Waals surface area contributed by atoms with Gasteiger partial charge in [0.05, 0.1) is 6.54 Å². The van der Waals surface area contributed by atoms with Crippen LogP contribution in [0.25, 0.3) is 0 Å². The normalized spacial score (nSPS) is 10.0. The minimum absolute atomic E-state index is 0.0479. The molecule has 3 N–H and O–H groups in total. The van der Waals surface area contributed by atoms with Gasteiger partial charge in [0.25, 0.3) is 0 Å². The van der Waals surface area contributed by atoms with Crippen LogP contribution in [0.15, 0.2) is 41.8 Å². The summed E-state index contributed by atoms with van der Waals surface area (Å²) in [6.45, 7) is 1.89. The number of imide groups is 1. The minimum atomic E-state index is -0.518. The second-order valence-electron chi connectivity index (χ2n) is 5.12. The summed E-state index contributed by atoms with van der Waals surface area (Å²) >= 11 is 1.62. The lowest BCUT2D eigenvalue weighted by atomic mass is 10.1. The highest BCUT2D eigenvalue weighted by atomic mass is 32.1. The van der Waals surface area contributed by atoms with Gasteiger partial charge in [-0.05, 0) is 36.9 Å². The van der Waals surface area contributed by atoms with Gasteiger partial charge in [-0.3, -0.25) is 14.9 Å². The van der Waals surface area contributed by atoms with Gasteiger partial charge >= 0.3 is 6.03 Å². The molecule has 0 atom stereocenters. The summed E-state index contributed by atoms with van der Waals surface area (Å²) in [5.74, 6) is -0.495. The highest BCUT2D eigenvalue weighted by Crippen LogP contribution is 2.10. The van der Waals surface area contributed by atoms with Crippen LogP contribution in [0.1, 0.15) is 22.2 Å². The third-order valence-corrected chi connectivity index (χ3v) is 4.15. The first kappa shape index (κ1) is 17.7. The van der Waals surface area contributed by atoms with Crippen molar-refractivity contribution in [2.45, 2.75) is 13.3 Å². The molecule has 0 fully saturated rings. The molecule has 3 amide bonds. The lowest BCUT2D eigenvalue weighted by Crippen LogP contribution is -2.42. The smallest absolute Gasteiger partial charge is 0.321 e. The van der Waals surface area contributed by atoms with Crippen LogP contribution in [0.4, 0.5) is 10.5 Å². The Bertz CT molecular complexity index is 714. The highest BCUT2D eigenvalue weighted by molar-refractivity contribution is 7.09. The Kier molecular flexibility index (Phi) is 6.51. The van der Waals surface area contributed by atoms with Crippen molar-refractivity contribution in [3.63, 3.8) is 0 Å². The van der Waals surface area contributed by atoms with Crippen molar-refractivity contribution in [2.24, 2.45) is 0 Å². The van der Waals surface area contributed by atoms with E-state index in [1.165, 1.54) is 11.8 Å². The zero-order valence-electron chi connectivity index (χ0n) is 13.3. The van der Waals surface area contributed by atoms with Crippen LogP contribution in [-0.4, -0.2) is 30.8 Å². The molecule has 0 aliphatic rings. The summed E-state index contributed by atoms with van der Waals surface area (Å²) in [5.41, 5.74) is 1.21. The van der Waals surface area contributed by atoms with Crippen LogP contribution >= 0.6 is 11.3 Å². The lowest BCUT2D eigenvalue weighted by molar-refractivity contribution is -0.118. The summed E-state index contributed by atoms with van der Waals surface area (Å²) in [7, 11) is 0. The molecule has 6 nitrogen and oxygen atoms in total. The number of carbonyl (C=O) groups is 3. The number of amides is 3. The maximum Gasteiger partial charge on any atom is 0.321 e. The van der Waals surface area contributed by atoms with Gasteiger partial charge in [0, 0.05) is 22.7 Å². The third kappa shape index (κ3) is 5.85. The van der Waals surface area contributed by atoms with Crippen molar-refractivity contribution in [1.82, 2.24) is 10.6 Å². The molecule has 126 valence electrons. The van der Waals surface area contributed by atoms with Crippen molar-refractivity contribution in [3.8, 4) is 0 Å². The number of rotatable bonds is 7. The van der Waals surface area contributed by atoms with Crippen molar-refractivity contribution in [2.75, 3.05) is 18.4 Å². The Morgan fingerprint density at radius 2 is 1.96 bits per heavy atom. The summed E-state index contributed by atoms with van der Waals surface area (Å²) in [6, 6.07) is 10.3. The van der Waals surface area contributed by atoms with Crippen LogP contribution in [-0.2, 0) is 11.2 Å². The maximum atomic E-state index is 11.7. The van der Waals surface area contributed by atoms with E-state index in [1.54, 1.807) is 35.6 Å². The molecule has 0 bridgehead atoms. The number of hydrogen-bond acceptors (Lipinski definition) is 5. The standard InChI is InChI=1S/C17H19N3O3S/c1-12(21)13-4-2-5-14(10-13)19-11-16(22)20-17(23)18-8-7-15-6-3-9-24-15/h2-6,9-10,19H,7-8,11H2,1H3,(H2,18,20,22,23). The van der Waals surface area contributed by atoms with Crippen LogP contribution in [0, 0.1) is 0 Å². The molecule has 0 saturated carbocycles. The quantitative estimate of drug-likeness (QED) is 0.673. The van der Waals surface area contributed by atoms with Gasteiger partial charge in [0.15, 0.2) is 5.78 Å². The molecule has 1 aromatic heterocycles. The maximum absolute atomic E-state index is 11.7. The fourth-order valence-corrected chi connectivity index (χ4v) is 2.71. The van der Waals surface area contributed by atoms with E-state index in [0.29, 0.717) is 17.8 Å². The SMILES string of the molecule is CC(=O)c1cccc(NCC(=O)NC(=O)NCCc2cccs2)c1. The monoisotopic (exact) mass is 345 g/mol. The molecule has 0 saturated heterocycles. The number of carbonyl (C=O) groups excluding carboxylic acids is 3. The molecule has 0 spiro atoms. The Morgan fingerprint density at radius 1 is 1.12 bits per heavy atom. The zero-order chi connectivity index (χ0) is 17.4. The van der Waals surface area contributed by atoms with Gasteiger partial charge in [-0.1, -0.05) is 18.2 Å². The number of nitrogens with one attached hydrogen (secondary N) is 3. The second kappa shape index (κ2) is 8.83. The molecule has 0 aliphatic heterocycles. The van der Waals surface area contributed by atoms with E-state index in [0.717, 1.165) is 6.42 Å². The van der Waals surface area contributed by atoms with Gasteiger partial charge in [0.2, 0.25) is 5.91 Å². The molecule has 2 rings (SSSR count). The molecule has 0 unspecified atom stereocenters. The molecule has 24 heavy (non-hydrogen) atoms. The van der Waals surface area contributed by atoms with E-state index in [4.69, 9.17) is 0 Å². The Hall–Kier alpha value is -2.67. The van der Waals surface area contributed by atoms with Crippen molar-refractivity contribution >= 4 is 34.7 Å². The van der Waals surface area contributed by atoms with Gasteiger partial charge in [-0.15, -0.1) is 11.3 Å². The summed E-state index contributed by atoms with van der Waals surface area (Å²) in [4.78, 5) is 35.8. The molecular weight excluding hydrogens is 326 g/mol. The van der Waals surface area contributed by atoms with Gasteiger partial charge in [0.1, 0.15) is 0 Å².